The second kappa shape index (κ2) is 9.49. The van der Waals surface area contributed by atoms with E-state index in [1.807, 2.05) is 30.3 Å². The van der Waals surface area contributed by atoms with Crippen molar-refractivity contribution < 1.29 is 23.1 Å². The van der Waals surface area contributed by atoms with E-state index >= 15 is 0 Å². The number of carbonyl (C=O) groups is 1. The van der Waals surface area contributed by atoms with Crippen molar-refractivity contribution in [1.29, 1.82) is 0 Å². The lowest BCUT2D eigenvalue weighted by Crippen LogP contribution is -2.35. The summed E-state index contributed by atoms with van der Waals surface area (Å²) in [5.41, 5.74) is 0.795. The minimum Gasteiger partial charge on any atom is -0.386 e. The van der Waals surface area contributed by atoms with Crippen LogP contribution < -0.4 is 0 Å². The Bertz CT molecular complexity index is 949. The summed E-state index contributed by atoms with van der Waals surface area (Å²) in [6.07, 6.45) is -1.44. The molecular weight excluding hydrogens is 395 g/mol. The lowest BCUT2D eigenvalue weighted by Gasteiger charge is -2.26. The molecule has 0 unspecified atom stereocenters. The van der Waals surface area contributed by atoms with Gasteiger partial charge in [-0.2, -0.15) is 13.2 Å². The summed E-state index contributed by atoms with van der Waals surface area (Å²) in [6.45, 7) is 0.276. The number of halogens is 3. The number of aliphatic hydroxyl groups excluding tert-OH is 1. The van der Waals surface area contributed by atoms with E-state index in [1.165, 1.54) is 17.2 Å². The number of aliphatic hydroxyl groups is 1. The van der Waals surface area contributed by atoms with Gasteiger partial charge in [0.2, 0.25) is 5.91 Å². The van der Waals surface area contributed by atoms with Crippen molar-refractivity contribution in [1.82, 2.24) is 14.9 Å². The summed E-state index contributed by atoms with van der Waals surface area (Å²) >= 11 is 0. The van der Waals surface area contributed by atoms with Crippen LogP contribution in [0.25, 0.3) is 0 Å². The van der Waals surface area contributed by atoms with Crippen LogP contribution in [-0.4, -0.2) is 32.4 Å². The third-order valence-electron chi connectivity index (χ3n) is 4.50. The molecule has 0 radical (unpaired) electrons. The highest BCUT2D eigenvalue weighted by Gasteiger charge is 2.32. The third kappa shape index (κ3) is 5.87. The number of benzene rings is 1. The molecule has 0 aliphatic rings. The number of amides is 1. The Morgan fingerprint density at radius 1 is 1.00 bits per heavy atom. The minimum absolute atomic E-state index is 0.0213. The number of hydrogen-bond acceptors (Lipinski definition) is 4. The van der Waals surface area contributed by atoms with Crippen LogP contribution in [-0.2, 0) is 23.9 Å². The Morgan fingerprint density at radius 3 is 2.37 bits per heavy atom. The normalized spacial score (nSPS) is 12.4. The smallest absolute Gasteiger partial charge is 0.386 e. The molecule has 5 nitrogen and oxygen atoms in total. The quantitative estimate of drug-likeness (QED) is 0.638. The highest BCUT2D eigenvalue weighted by molar-refractivity contribution is 5.78. The zero-order valence-corrected chi connectivity index (χ0v) is 16.0. The van der Waals surface area contributed by atoms with Gasteiger partial charge in [0.15, 0.2) is 0 Å². The van der Waals surface area contributed by atoms with Gasteiger partial charge >= 0.3 is 6.18 Å². The molecule has 3 rings (SSSR count). The number of pyridine rings is 2. The van der Waals surface area contributed by atoms with Gasteiger partial charge in [-0.15, -0.1) is 0 Å². The van der Waals surface area contributed by atoms with Crippen LogP contribution in [0.3, 0.4) is 0 Å². The molecule has 2 heterocycles. The predicted molar refractivity (Wildman–Crippen MR) is 104 cm³/mol. The molecule has 0 fully saturated rings. The molecule has 1 aromatic carbocycles. The Kier molecular flexibility index (Phi) is 6.79. The Balaban J connectivity index is 1.75. The number of nitrogens with zero attached hydrogens (tertiary/aromatic N) is 3. The maximum atomic E-state index is 12.9. The van der Waals surface area contributed by atoms with Crippen molar-refractivity contribution in [3.8, 4) is 0 Å². The van der Waals surface area contributed by atoms with Crippen molar-refractivity contribution in [3.05, 3.63) is 95.6 Å². The van der Waals surface area contributed by atoms with Gasteiger partial charge in [-0.05, 0) is 23.3 Å². The molecular formula is C22H20F3N3O2. The first-order chi connectivity index (χ1) is 14.3. The molecule has 1 amide bonds. The Labute approximate surface area is 171 Å². The molecule has 1 atom stereocenters. The van der Waals surface area contributed by atoms with Crippen LogP contribution in [0.4, 0.5) is 13.2 Å². The van der Waals surface area contributed by atoms with E-state index in [0.29, 0.717) is 11.1 Å². The molecule has 0 aliphatic heterocycles. The van der Waals surface area contributed by atoms with Gasteiger partial charge in [0, 0.05) is 30.7 Å². The van der Waals surface area contributed by atoms with E-state index in [4.69, 9.17) is 0 Å². The standard InChI is InChI=1S/C22H20F3N3O2/c23-22(24,25)20-9-8-17(12-27-20)11-21(30)28(14-16-5-2-1-3-6-16)15-19(29)18-7-4-10-26-13-18/h1-10,12-13,19,29H,11,14-15H2/t19-/m1/s1. The van der Waals surface area contributed by atoms with Gasteiger partial charge in [-0.3, -0.25) is 14.8 Å². The highest BCUT2D eigenvalue weighted by atomic mass is 19.4. The molecule has 0 bridgehead atoms. The monoisotopic (exact) mass is 415 g/mol. The predicted octanol–water partition coefficient (Wildman–Crippen LogP) is 3.80. The van der Waals surface area contributed by atoms with Gasteiger partial charge in [0.1, 0.15) is 5.69 Å². The van der Waals surface area contributed by atoms with Crippen LogP contribution >= 0.6 is 0 Å². The van der Waals surface area contributed by atoms with Crippen LogP contribution in [0.15, 0.2) is 73.2 Å². The van der Waals surface area contributed by atoms with Crippen LogP contribution in [0.5, 0.6) is 0 Å². The van der Waals surface area contributed by atoms with Crippen molar-refractivity contribution in [2.24, 2.45) is 0 Å². The first-order valence-corrected chi connectivity index (χ1v) is 9.25. The second-order valence-corrected chi connectivity index (χ2v) is 6.79. The van der Waals surface area contributed by atoms with Gasteiger partial charge in [0.25, 0.3) is 0 Å². The molecule has 8 heteroatoms. The van der Waals surface area contributed by atoms with Gasteiger partial charge < -0.3 is 10.0 Å². The zero-order valence-electron chi connectivity index (χ0n) is 16.0. The summed E-state index contributed by atoms with van der Waals surface area (Å²) in [5.74, 6) is -0.330. The topological polar surface area (TPSA) is 66.3 Å². The van der Waals surface area contributed by atoms with Crippen molar-refractivity contribution in [3.63, 3.8) is 0 Å². The first kappa shape index (κ1) is 21.4. The third-order valence-corrected chi connectivity index (χ3v) is 4.50. The number of alkyl halides is 3. The van der Waals surface area contributed by atoms with E-state index in [-0.39, 0.29) is 25.4 Å². The summed E-state index contributed by atoms with van der Waals surface area (Å²) in [6, 6.07) is 14.8. The van der Waals surface area contributed by atoms with E-state index in [2.05, 4.69) is 9.97 Å². The molecule has 2 aromatic heterocycles. The molecule has 156 valence electrons. The fraction of sp³-hybridized carbons (Fsp3) is 0.227. The molecule has 3 aromatic rings. The largest absolute Gasteiger partial charge is 0.433 e. The maximum Gasteiger partial charge on any atom is 0.433 e. The van der Waals surface area contributed by atoms with Crippen LogP contribution in [0, 0.1) is 0 Å². The summed E-state index contributed by atoms with van der Waals surface area (Å²) in [5, 5.41) is 10.5. The van der Waals surface area contributed by atoms with Gasteiger partial charge in [0.05, 0.1) is 19.1 Å². The van der Waals surface area contributed by atoms with Gasteiger partial charge in [-0.1, -0.05) is 42.5 Å². The highest BCUT2D eigenvalue weighted by Crippen LogP contribution is 2.27. The van der Waals surface area contributed by atoms with Crippen molar-refractivity contribution >= 4 is 5.91 Å². The minimum atomic E-state index is -4.53. The number of carbonyl (C=O) groups excluding carboxylic acids is 1. The molecule has 0 saturated heterocycles. The molecule has 0 spiro atoms. The van der Waals surface area contributed by atoms with Crippen LogP contribution in [0.1, 0.15) is 28.5 Å². The zero-order chi connectivity index (χ0) is 21.6. The lowest BCUT2D eigenvalue weighted by molar-refractivity contribution is -0.141. The van der Waals surface area contributed by atoms with E-state index in [1.54, 1.807) is 18.3 Å². The fourth-order valence-corrected chi connectivity index (χ4v) is 2.93. The van der Waals surface area contributed by atoms with E-state index in [9.17, 15) is 23.1 Å². The number of aromatic nitrogens is 2. The Hall–Kier alpha value is -3.26. The van der Waals surface area contributed by atoms with Gasteiger partial charge in [-0.25, -0.2) is 0 Å². The molecule has 0 aliphatic carbocycles. The van der Waals surface area contributed by atoms with E-state index < -0.39 is 18.0 Å². The average molecular weight is 415 g/mol. The van der Waals surface area contributed by atoms with Crippen molar-refractivity contribution in [2.75, 3.05) is 6.54 Å². The first-order valence-electron chi connectivity index (χ1n) is 9.25. The fourth-order valence-electron chi connectivity index (χ4n) is 2.93. The summed E-state index contributed by atoms with van der Waals surface area (Å²) in [4.78, 5) is 21.8. The molecule has 1 N–H and O–H groups in total. The maximum absolute atomic E-state index is 12.9. The lowest BCUT2D eigenvalue weighted by atomic mass is 10.1. The average Bonchev–Trinajstić information content (AvgIpc) is 2.74. The summed E-state index contributed by atoms with van der Waals surface area (Å²) in [7, 11) is 0. The second-order valence-electron chi connectivity index (χ2n) is 6.79. The van der Waals surface area contributed by atoms with Crippen molar-refractivity contribution in [2.45, 2.75) is 25.2 Å². The Morgan fingerprint density at radius 2 is 1.77 bits per heavy atom. The van der Waals surface area contributed by atoms with Crippen LogP contribution in [0.2, 0.25) is 0 Å². The van der Waals surface area contributed by atoms with E-state index in [0.717, 1.165) is 17.8 Å². The SMILES string of the molecule is O=C(Cc1ccc(C(F)(F)F)nc1)N(Cc1ccccc1)C[C@@H](O)c1cccnc1. The molecule has 0 saturated carbocycles. The molecule has 30 heavy (non-hydrogen) atoms. The number of rotatable bonds is 7. The summed E-state index contributed by atoms with van der Waals surface area (Å²) < 4.78 is 38.1. The number of hydrogen-bond donors (Lipinski definition) is 1.